The third-order valence-electron chi connectivity index (χ3n) is 6.73. The van der Waals surface area contributed by atoms with Crippen LogP contribution in [0.3, 0.4) is 0 Å². The molecule has 0 bridgehead atoms. The molecule has 2 fully saturated rings. The van der Waals surface area contributed by atoms with Gasteiger partial charge in [-0.25, -0.2) is 14.4 Å². The zero-order valence-corrected chi connectivity index (χ0v) is 17.4. The van der Waals surface area contributed by atoms with E-state index in [2.05, 4.69) is 30.2 Å². The standard InChI is InChI=1S/C22H25FN6O3/c23-13-1-2-16(25-9-13)18(31)17(10-30)28-21(32)15-4-8-29(11-22(15)5-6-22)20-14-3-7-24-19(14)26-12-27-20/h1-3,7,9,12,15,17-18,30-31H,4-6,8,10-11H2,(H,28,32)(H,24,26,27)/t15-,17?,18?/m1/s1. The molecule has 1 aliphatic heterocycles. The molecule has 1 amide bonds. The molecule has 2 unspecified atom stereocenters. The number of hydrogen-bond acceptors (Lipinski definition) is 7. The number of aliphatic hydroxyl groups excluding tert-OH is 2. The molecule has 168 valence electrons. The van der Waals surface area contributed by atoms with E-state index in [0.29, 0.717) is 19.5 Å². The lowest BCUT2D eigenvalue weighted by molar-refractivity contribution is -0.130. The molecule has 4 heterocycles. The maximum atomic E-state index is 13.2. The first kappa shape index (κ1) is 20.8. The number of aromatic amines is 1. The second-order valence-electron chi connectivity index (χ2n) is 8.71. The minimum absolute atomic E-state index is 0.144. The van der Waals surface area contributed by atoms with Crippen molar-refractivity contribution in [2.75, 3.05) is 24.6 Å². The maximum absolute atomic E-state index is 13.2. The summed E-state index contributed by atoms with van der Waals surface area (Å²) < 4.78 is 13.1. The number of piperidine rings is 1. The summed E-state index contributed by atoms with van der Waals surface area (Å²) in [6.45, 7) is 0.932. The molecular formula is C22H25FN6O3. The minimum Gasteiger partial charge on any atom is -0.394 e. The van der Waals surface area contributed by atoms with Crippen LogP contribution >= 0.6 is 0 Å². The lowest BCUT2D eigenvalue weighted by atomic mass is 9.81. The fourth-order valence-electron chi connectivity index (χ4n) is 4.80. The highest BCUT2D eigenvalue weighted by Crippen LogP contribution is 2.56. The van der Waals surface area contributed by atoms with Crippen LogP contribution in [-0.4, -0.2) is 61.8 Å². The van der Waals surface area contributed by atoms with Gasteiger partial charge in [-0.2, -0.15) is 0 Å². The summed E-state index contributed by atoms with van der Waals surface area (Å²) in [6, 6.07) is 3.57. The molecule has 5 rings (SSSR count). The molecule has 4 N–H and O–H groups in total. The van der Waals surface area contributed by atoms with Crippen LogP contribution in [0.25, 0.3) is 11.0 Å². The summed E-state index contributed by atoms with van der Waals surface area (Å²) >= 11 is 0. The van der Waals surface area contributed by atoms with Crippen LogP contribution in [0, 0.1) is 17.2 Å². The number of carbonyl (C=O) groups excluding carboxylic acids is 1. The first-order chi connectivity index (χ1) is 15.5. The van der Waals surface area contributed by atoms with Crippen molar-refractivity contribution in [1.82, 2.24) is 25.3 Å². The fourth-order valence-corrected chi connectivity index (χ4v) is 4.80. The Morgan fingerprint density at radius 1 is 1.31 bits per heavy atom. The third-order valence-corrected chi connectivity index (χ3v) is 6.73. The van der Waals surface area contributed by atoms with Gasteiger partial charge in [-0.1, -0.05) is 0 Å². The lowest BCUT2D eigenvalue weighted by Crippen LogP contribution is -2.51. The fraction of sp³-hybridized carbons (Fsp3) is 0.455. The van der Waals surface area contributed by atoms with Gasteiger partial charge in [-0.15, -0.1) is 0 Å². The number of amides is 1. The van der Waals surface area contributed by atoms with E-state index in [4.69, 9.17) is 0 Å². The predicted molar refractivity (Wildman–Crippen MR) is 114 cm³/mol. The van der Waals surface area contributed by atoms with Crippen LogP contribution in [0.1, 0.15) is 31.1 Å². The van der Waals surface area contributed by atoms with Gasteiger partial charge in [0.2, 0.25) is 5.91 Å². The number of rotatable bonds is 6. The summed E-state index contributed by atoms with van der Waals surface area (Å²) in [5, 5.41) is 24.1. The van der Waals surface area contributed by atoms with Gasteiger partial charge in [0, 0.05) is 25.2 Å². The van der Waals surface area contributed by atoms with Crippen molar-refractivity contribution in [3.05, 3.63) is 48.4 Å². The number of carbonyl (C=O) groups is 1. The van der Waals surface area contributed by atoms with Crippen LogP contribution in [0.4, 0.5) is 10.2 Å². The van der Waals surface area contributed by atoms with Crippen LogP contribution in [-0.2, 0) is 4.79 Å². The number of anilines is 1. The monoisotopic (exact) mass is 440 g/mol. The van der Waals surface area contributed by atoms with Crippen LogP contribution in [0.15, 0.2) is 36.9 Å². The number of pyridine rings is 1. The molecule has 32 heavy (non-hydrogen) atoms. The molecule has 2 aliphatic rings. The van der Waals surface area contributed by atoms with Crippen LogP contribution in [0.2, 0.25) is 0 Å². The van der Waals surface area contributed by atoms with Crippen molar-refractivity contribution in [2.45, 2.75) is 31.4 Å². The number of nitrogens with zero attached hydrogens (tertiary/aromatic N) is 4. The molecule has 3 aromatic heterocycles. The van der Waals surface area contributed by atoms with E-state index in [9.17, 15) is 19.4 Å². The first-order valence-corrected chi connectivity index (χ1v) is 10.7. The molecule has 3 atom stereocenters. The van der Waals surface area contributed by atoms with Crippen molar-refractivity contribution < 1.29 is 19.4 Å². The van der Waals surface area contributed by atoms with Crippen molar-refractivity contribution >= 4 is 22.8 Å². The lowest BCUT2D eigenvalue weighted by Gasteiger charge is -2.39. The van der Waals surface area contributed by atoms with E-state index in [0.717, 1.165) is 35.9 Å². The van der Waals surface area contributed by atoms with Gasteiger partial charge in [-0.05, 0) is 42.9 Å². The zero-order chi connectivity index (χ0) is 22.3. The Morgan fingerprint density at radius 2 is 2.16 bits per heavy atom. The SMILES string of the molecule is O=C(NC(CO)C(O)c1ccc(F)cn1)[C@H]1CCN(c2ncnc3[nH]ccc23)CC12CC2. The third kappa shape index (κ3) is 3.69. The molecule has 3 aromatic rings. The van der Waals surface area contributed by atoms with Crippen molar-refractivity contribution in [2.24, 2.45) is 11.3 Å². The quantitative estimate of drug-likeness (QED) is 0.455. The van der Waals surface area contributed by atoms with E-state index in [1.165, 1.54) is 12.1 Å². The van der Waals surface area contributed by atoms with Crippen LogP contribution in [0.5, 0.6) is 0 Å². The Balaban J connectivity index is 1.29. The number of aliphatic hydroxyl groups is 2. The minimum atomic E-state index is -1.23. The van der Waals surface area contributed by atoms with Gasteiger partial charge in [0.15, 0.2) is 0 Å². The van der Waals surface area contributed by atoms with Gasteiger partial charge in [-0.3, -0.25) is 9.78 Å². The van der Waals surface area contributed by atoms with Gasteiger partial charge in [0.25, 0.3) is 0 Å². The molecule has 1 spiro atoms. The van der Waals surface area contributed by atoms with Gasteiger partial charge < -0.3 is 25.4 Å². The molecule has 9 nitrogen and oxygen atoms in total. The number of H-pyrrole nitrogens is 1. The predicted octanol–water partition coefficient (Wildman–Crippen LogP) is 1.31. The summed E-state index contributed by atoms with van der Waals surface area (Å²) in [4.78, 5) is 31.1. The molecular weight excluding hydrogens is 415 g/mol. The largest absolute Gasteiger partial charge is 0.394 e. The molecule has 10 heteroatoms. The van der Waals surface area contributed by atoms with E-state index in [1.54, 1.807) is 6.33 Å². The number of halogens is 1. The normalized spacial score (nSPS) is 21.5. The van der Waals surface area contributed by atoms with Crippen molar-refractivity contribution in [3.8, 4) is 0 Å². The highest BCUT2D eigenvalue weighted by Gasteiger charge is 2.55. The highest BCUT2D eigenvalue weighted by atomic mass is 19.1. The van der Waals surface area contributed by atoms with E-state index < -0.39 is 24.6 Å². The Morgan fingerprint density at radius 3 is 2.88 bits per heavy atom. The van der Waals surface area contributed by atoms with E-state index >= 15 is 0 Å². The Hall–Kier alpha value is -3.11. The molecule has 1 saturated heterocycles. The van der Waals surface area contributed by atoms with Crippen LogP contribution < -0.4 is 10.2 Å². The van der Waals surface area contributed by atoms with Gasteiger partial charge >= 0.3 is 0 Å². The van der Waals surface area contributed by atoms with Gasteiger partial charge in [0.05, 0.1) is 29.9 Å². The van der Waals surface area contributed by atoms with Gasteiger partial charge in [0.1, 0.15) is 29.7 Å². The summed E-state index contributed by atoms with van der Waals surface area (Å²) in [7, 11) is 0. The average Bonchev–Trinajstić information content (AvgIpc) is 3.38. The first-order valence-electron chi connectivity index (χ1n) is 10.7. The summed E-state index contributed by atoms with van der Waals surface area (Å²) in [5.41, 5.74) is 0.838. The smallest absolute Gasteiger partial charge is 0.224 e. The highest BCUT2D eigenvalue weighted by molar-refractivity contribution is 5.87. The maximum Gasteiger partial charge on any atom is 0.224 e. The Kier molecular flexibility index (Phi) is 5.26. The number of fused-ring (bicyclic) bond motifs is 1. The van der Waals surface area contributed by atoms with E-state index in [-0.39, 0.29) is 22.9 Å². The zero-order valence-electron chi connectivity index (χ0n) is 17.4. The summed E-state index contributed by atoms with van der Waals surface area (Å²) in [5.74, 6) is -0.0532. The Labute approximate surface area is 183 Å². The molecule has 1 saturated carbocycles. The molecule has 0 radical (unpaired) electrons. The number of hydrogen-bond donors (Lipinski definition) is 4. The number of aromatic nitrogens is 4. The van der Waals surface area contributed by atoms with E-state index in [1.807, 2.05) is 12.3 Å². The summed E-state index contributed by atoms with van der Waals surface area (Å²) in [6.07, 6.45) is 5.67. The second-order valence-corrected chi connectivity index (χ2v) is 8.71. The average molecular weight is 440 g/mol. The Bertz CT molecular complexity index is 1120. The van der Waals surface area contributed by atoms with Crippen molar-refractivity contribution in [3.63, 3.8) is 0 Å². The second kappa shape index (κ2) is 8.10. The topological polar surface area (TPSA) is 127 Å². The molecule has 0 aromatic carbocycles. The number of nitrogens with one attached hydrogen (secondary N) is 2. The molecule has 1 aliphatic carbocycles. The van der Waals surface area contributed by atoms with Crippen molar-refractivity contribution in [1.29, 1.82) is 0 Å².